The molecule has 0 radical (unpaired) electrons. The van der Waals surface area contributed by atoms with E-state index < -0.39 is 17.0 Å². The van der Waals surface area contributed by atoms with Crippen molar-refractivity contribution in [3.8, 4) is 0 Å². The van der Waals surface area contributed by atoms with Crippen LogP contribution in [-0.4, -0.2) is 28.6 Å². The number of amides is 2. The van der Waals surface area contributed by atoms with E-state index in [-0.39, 0.29) is 28.9 Å². The number of anilines is 1. The Labute approximate surface area is 131 Å². The summed E-state index contributed by atoms with van der Waals surface area (Å²) in [7, 11) is 0. The van der Waals surface area contributed by atoms with Crippen LogP contribution in [0.4, 0.5) is 5.69 Å². The van der Waals surface area contributed by atoms with E-state index in [9.17, 15) is 19.2 Å². The van der Waals surface area contributed by atoms with Gasteiger partial charge in [-0.2, -0.15) is 0 Å². The van der Waals surface area contributed by atoms with Crippen LogP contribution in [0.1, 0.15) is 26.2 Å². The summed E-state index contributed by atoms with van der Waals surface area (Å²) < 4.78 is 0. The minimum atomic E-state index is -0.512. The predicted molar refractivity (Wildman–Crippen MR) is 86.4 cm³/mol. The monoisotopic (exact) mass is 318 g/mol. The number of aromatic amines is 2. The number of benzene rings is 1. The SMILES string of the molecule is CCCCC(=O)NCC(=O)Nc1cccc2c(=O)[nH][nH]c(=O)c12. The van der Waals surface area contributed by atoms with Crippen molar-refractivity contribution in [1.29, 1.82) is 0 Å². The van der Waals surface area contributed by atoms with Crippen LogP contribution in [0.15, 0.2) is 27.8 Å². The minimum absolute atomic E-state index is 0.0990. The van der Waals surface area contributed by atoms with Gasteiger partial charge in [0.2, 0.25) is 11.8 Å². The highest BCUT2D eigenvalue weighted by atomic mass is 16.2. The zero-order valence-electron chi connectivity index (χ0n) is 12.7. The minimum Gasteiger partial charge on any atom is -0.347 e. The average molecular weight is 318 g/mol. The van der Waals surface area contributed by atoms with Gasteiger partial charge in [-0.25, -0.2) is 0 Å². The van der Waals surface area contributed by atoms with Crippen molar-refractivity contribution in [1.82, 2.24) is 15.5 Å². The van der Waals surface area contributed by atoms with Crippen molar-refractivity contribution in [2.75, 3.05) is 11.9 Å². The molecule has 1 heterocycles. The number of fused-ring (bicyclic) bond motifs is 1. The van der Waals surface area contributed by atoms with E-state index in [0.29, 0.717) is 6.42 Å². The van der Waals surface area contributed by atoms with Gasteiger partial charge in [0.25, 0.3) is 11.1 Å². The highest BCUT2D eigenvalue weighted by Crippen LogP contribution is 2.16. The summed E-state index contributed by atoms with van der Waals surface area (Å²) in [5.74, 6) is -0.670. The van der Waals surface area contributed by atoms with Gasteiger partial charge < -0.3 is 10.6 Å². The molecule has 0 aliphatic heterocycles. The molecule has 0 unspecified atom stereocenters. The van der Waals surface area contributed by atoms with Crippen LogP contribution in [0.2, 0.25) is 0 Å². The first kappa shape index (κ1) is 16.5. The third-order valence-corrected chi connectivity index (χ3v) is 3.30. The molecule has 2 aromatic rings. The fraction of sp³-hybridized carbons (Fsp3) is 0.333. The Morgan fingerprint density at radius 1 is 1.09 bits per heavy atom. The molecule has 0 saturated carbocycles. The molecule has 0 fully saturated rings. The maximum Gasteiger partial charge on any atom is 0.272 e. The summed E-state index contributed by atoms with van der Waals surface area (Å²) in [4.78, 5) is 46.9. The second-order valence-corrected chi connectivity index (χ2v) is 5.06. The van der Waals surface area contributed by atoms with Gasteiger partial charge in [-0.05, 0) is 18.6 Å². The molecule has 0 saturated heterocycles. The summed E-state index contributed by atoms with van der Waals surface area (Å²) in [6.07, 6.45) is 2.02. The summed E-state index contributed by atoms with van der Waals surface area (Å²) in [5.41, 5.74) is -0.742. The molecule has 0 aliphatic rings. The molecule has 0 bridgehead atoms. The fourth-order valence-corrected chi connectivity index (χ4v) is 2.13. The van der Waals surface area contributed by atoms with Crippen LogP contribution in [0.5, 0.6) is 0 Å². The van der Waals surface area contributed by atoms with Crippen LogP contribution in [0.25, 0.3) is 10.8 Å². The van der Waals surface area contributed by atoms with Crippen molar-refractivity contribution in [2.45, 2.75) is 26.2 Å². The van der Waals surface area contributed by atoms with Crippen LogP contribution in [0.3, 0.4) is 0 Å². The molecular weight excluding hydrogens is 300 g/mol. The number of aromatic nitrogens is 2. The number of H-pyrrole nitrogens is 2. The van der Waals surface area contributed by atoms with E-state index >= 15 is 0 Å². The number of unbranched alkanes of at least 4 members (excludes halogenated alkanes) is 1. The third kappa shape index (κ3) is 4.06. The molecule has 0 aliphatic carbocycles. The van der Waals surface area contributed by atoms with Gasteiger partial charge in [-0.3, -0.25) is 29.4 Å². The van der Waals surface area contributed by atoms with Gasteiger partial charge in [-0.1, -0.05) is 19.4 Å². The normalized spacial score (nSPS) is 10.5. The number of carbonyl (C=O) groups excluding carboxylic acids is 2. The first-order valence-electron chi connectivity index (χ1n) is 7.33. The van der Waals surface area contributed by atoms with Crippen molar-refractivity contribution in [3.63, 3.8) is 0 Å². The lowest BCUT2D eigenvalue weighted by molar-refractivity contribution is -0.124. The molecule has 4 N–H and O–H groups in total. The third-order valence-electron chi connectivity index (χ3n) is 3.30. The van der Waals surface area contributed by atoms with Crippen molar-refractivity contribution >= 4 is 28.3 Å². The van der Waals surface area contributed by atoms with E-state index in [4.69, 9.17) is 0 Å². The fourth-order valence-electron chi connectivity index (χ4n) is 2.13. The van der Waals surface area contributed by atoms with Crippen molar-refractivity contribution < 1.29 is 9.59 Å². The smallest absolute Gasteiger partial charge is 0.272 e. The van der Waals surface area contributed by atoms with Gasteiger partial charge in [0.1, 0.15) is 0 Å². The lowest BCUT2D eigenvalue weighted by Crippen LogP contribution is -2.33. The number of carbonyl (C=O) groups is 2. The zero-order chi connectivity index (χ0) is 16.8. The maximum atomic E-state index is 11.9. The summed E-state index contributed by atoms with van der Waals surface area (Å²) in [6.45, 7) is 1.78. The largest absolute Gasteiger partial charge is 0.347 e. The average Bonchev–Trinajstić information content (AvgIpc) is 2.54. The van der Waals surface area contributed by atoms with Gasteiger partial charge in [0.05, 0.1) is 23.0 Å². The molecule has 2 rings (SSSR count). The van der Waals surface area contributed by atoms with Crippen LogP contribution < -0.4 is 21.8 Å². The Hall–Kier alpha value is -2.90. The van der Waals surface area contributed by atoms with Crippen molar-refractivity contribution in [3.05, 3.63) is 38.9 Å². The number of rotatable bonds is 6. The molecule has 0 atom stereocenters. The Morgan fingerprint density at radius 2 is 1.83 bits per heavy atom. The molecule has 1 aromatic carbocycles. The van der Waals surface area contributed by atoms with Gasteiger partial charge in [0, 0.05) is 6.42 Å². The Kier molecular flexibility index (Phi) is 5.29. The molecule has 2 amide bonds. The lowest BCUT2D eigenvalue weighted by atomic mass is 10.1. The van der Waals surface area contributed by atoms with Gasteiger partial charge >= 0.3 is 0 Å². The zero-order valence-corrected chi connectivity index (χ0v) is 12.7. The first-order valence-corrected chi connectivity index (χ1v) is 7.33. The Balaban J connectivity index is 2.12. The van der Waals surface area contributed by atoms with E-state index in [0.717, 1.165) is 12.8 Å². The summed E-state index contributed by atoms with van der Waals surface area (Å²) in [6, 6.07) is 4.58. The highest BCUT2D eigenvalue weighted by molar-refractivity contribution is 6.02. The maximum absolute atomic E-state index is 11.9. The molecule has 8 heteroatoms. The lowest BCUT2D eigenvalue weighted by Gasteiger charge is -2.08. The van der Waals surface area contributed by atoms with Crippen LogP contribution in [0, 0.1) is 0 Å². The van der Waals surface area contributed by atoms with E-state index in [1.807, 2.05) is 6.92 Å². The van der Waals surface area contributed by atoms with Crippen LogP contribution >= 0.6 is 0 Å². The van der Waals surface area contributed by atoms with Gasteiger partial charge in [0.15, 0.2) is 0 Å². The highest BCUT2D eigenvalue weighted by Gasteiger charge is 2.11. The Bertz CT molecular complexity index is 837. The standard InChI is InChI=1S/C15H18N4O4/c1-2-3-7-11(20)16-8-12(21)17-10-6-4-5-9-13(10)15(23)19-18-14(9)22/h4-6H,2-3,7-8H2,1H3,(H,16,20)(H,17,21)(H,18,22)(H,19,23). The molecular formula is C15H18N4O4. The molecule has 0 spiro atoms. The van der Waals surface area contributed by atoms with Gasteiger partial charge in [-0.15, -0.1) is 0 Å². The number of hydrogen-bond acceptors (Lipinski definition) is 4. The molecule has 1 aromatic heterocycles. The number of hydrogen-bond donors (Lipinski definition) is 4. The molecule has 8 nitrogen and oxygen atoms in total. The summed E-state index contributed by atoms with van der Waals surface area (Å²) in [5, 5.41) is 9.76. The quantitative estimate of drug-likeness (QED) is 0.617. The second-order valence-electron chi connectivity index (χ2n) is 5.06. The van der Waals surface area contributed by atoms with E-state index in [1.54, 1.807) is 6.07 Å². The predicted octanol–water partition coefficient (Wildman–Crippen LogP) is 0.461. The number of nitrogens with one attached hydrogen (secondary N) is 4. The Morgan fingerprint density at radius 3 is 2.57 bits per heavy atom. The van der Waals surface area contributed by atoms with Crippen LogP contribution in [-0.2, 0) is 9.59 Å². The molecule has 23 heavy (non-hydrogen) atoms. The summed E-state index contributed by atoms with van der Waals surface area (Å²) >= 11 is 0. The van der Waals surface area contributed by atoms with E-state index in [1.165, 1.54) is 12.1 Å². The van der Waals surface area contributed by atoms with Crippen molar-refractivity contribution in [2.24, 2.45) is 0 Å². The first-order chi connectivity index (χ1) is 11.0. The second kappa shape index (κ2) is 7.39. The van der Waals surface area contributed by atoms with E-state index in [2.05, 4.69) is 20.8 Å². The molecule has 122 valence electrons. The topological polar surface area (TPSA) is 124 Å².